The molecule has 2 heterocycles. The Morgan fingerprint density at radius 2 is 0.942 bits per heavy atom. The molecule has 2 fully saturated rings. The van der Waals surface area contributed by atoms with Gasteiger partial charge in [-0.2, -0.15) is 0 Å². The number of ether oxygens (including phenoxy) is 2. The summed E-state index contributed by atoms with van der Waals surface area (Å²) in [6.07, 6.45) is 9.32. The minimum atomic E-state index is -0.380. The highest BCUT2D eigenvalue weighted by Crippen LogP contribution is 2.31. The van der Waals surface area contributed by atoms with E-state index in [-0.39, 0.29) is 22.3 Å². The van der Waals surface area contributed by atoms with E-state index in [9.17, 15) is 19.2 Å². The largest absolute Gasteiger partial charge is 0.492 e. The molecule has 4 amide bonds. The first kappa shape index (κ1) is 38.7. The zero-order chi connectivity index (χ0) is 36.7. The summed E-state index contributed by atoms with van der Waals surface area (Å²) in [7, 11) is 0. The van der Waals surface area contributed by atoms with Gasteiger partial charge in [-0.25, -0.2) is 0 Å². The molecule has 0 aromatic heterocycles. The number of halogens is 2. The van der Waals surface area contributed by atoms with Crippen molar-refractivity contribution in [3.05, 3.63) is 139 Å². The number of carbonyl (C=O) groups excluding carboxylic acids is 4. The van der Waals surface area contributed by atoms with Gasteiger partial charge in [0.25, 0.3) is 22.3 Å². The molecule has 268 valence electrons. The first-order chi connectivity index (χ1) is 25.2. The molecule has 0 bridgehead atoms. The fourth-order valence-electron chi connectivity index (χ4n) is 5.11. The number of carbonyl (C=O) groups is 4. The summed E-state index contributed by atoms with van der Waals surface area (Å²) in [6, 6.07) is 31.4. The van der Waals surface area contributed by atoms with Crippen LogP contribution in [0.2, 0.25) is 10.0 Å². The molecule has 0 spiro atoms. The number of unbranched alkanes of at least 4 members (excludes halogenated alkanes) is 2. The third kappa shape index (κ3) is 12.3. The minimum absolute atomic E-state index is 0.359. The van der Waals surface area contributed by atoms with Gasteiger partial charge in [-0.05, 0) is 121 Å². The Labute approximate surface area is 321 Å². The fourth-order valence-corrected chi connectivity index (χ4v) is 6.96. The van der Waals surface area contributed by atoms with E-state index in [1.54, 1.807) is 36.4 Å². The molecule has 6 rings (SSSR count). The number of benzene rings is 4. The van der Waals surface area contributed by atoms with Crippen molar-refractivity contribution in [3.63, 3.8) is 0 Å². The van der Waals surface area contributed by atoms with Gasteiger partial charge in [-0.1, -0.05) is 96.0 Å². The number of amides is 4. The van der Waals surface area contributed by atoms with Crippen LogP contribution in [0.25, 0.3) is 12.2 Å². The molecule has 0 saturated carbocycles. The highest BCUT2D eigenvalue weighted by Gasteiger charge is 2.26. The van der Waals surface area contributed by atoms with Gasteiger partial charge < -0.3 is 9.47 Å². The van der Waals surface area contributed by atoms with Crippen molar-refractivity contribution < 1.29 is 28.7 Å². The van der Waals surface area contributed by atoms with Crippen molar-refractivity contribution in [2.75, 3.05) is 13.2 Å². The first-order valence-corrected chi connectivity index (χ1v) is 19.0. The average Bonchev–Trinajstić information content (AvgIpc) is 3.63. The van der Waals surface area contributed by atoms with Gasteiger partial charge in [0.2, 0.25) is 0 Å². The van der Waals surface area contributed by atoms with E-state index >= 15 is 0 Å². The van der Waals surface area contributed by atoms with Crippen molar-refractivity contribution in [1.82, 2.24) is 10.6 Å². The quantitative estimate of drug-likeness (QED) is 0.0962. The third-order valence-electron chi connectivity index (χ3n) is 7.71. The molecule has 0 aliphatic carbocycles. The Kier molecular flexibility index (Phi) is 14.9. The summed E-state index contributed by atoms with van der Waals surface area (Å²) in [4.78, 5) is 46.2. The van der Waals surface area contributed by atoms with E-state index in [1.807, 2.05) is 48.5 Å². The van der Waals surface area contributed by atoms with Crippen LogP contribution in [0.5, 0.6) is 11.5 Å². The first-order valence-electron chi connectivity index (χ1n) is 16.7. The number of rotatable bonds is 14. The van der Waals surface area contributed by atoms with E-state index in [0.29, 0.717) is 44.6 Å². The van der Waals surface area contributed by atoms with Gasteiger partial charge in [-0.3, -0.25) is 29.8 Å². The summed E-state index contributed by atoms with van der Waals surface area (Å²) in [5.41, 5.74) is 4.16. The minimum Gasteiger partial charge on any atom is -0.492 e. The summed E-state index contributed by atoms with van der Waals surface area (Å²) < 4.78 is 11.5. The van der Waals surface area contributed by atoms with Crippen molar-refractivity contribution in [1.29, 1.82) is 0 Å². The van der Waals surface area contributed by atoms with Crippen molar-refractivity contribution in [2.24, 2.45) is 0 Å². The normalized spacial score (nSPS) is 15.3. The molecule has 8 nitrogen and oxygen atoms in total. The molecule has 2 aliphatic heterocycles. The van der Waals surface area contributed by atoms with E-state index in [4.69, 9.17) is 32.7 Å². The molecule has 4 aromatic rings. The van der Waals surface area contributed by atoms with Crippen LogP contribution >= 0.6 is 46.7 Å². The number of thioether (sulfide) groups is 2. The highest BCUT2D eigenvalue weighted by atomic mass is 35.5. The van der Waals surface area contributed by atoms with Crippen LogP contribution < -0.4 is 20.1 Å². The molecular formula is C40H36Cl2N2O6S2. The van der Waals surface area contributed by atoms with Crippen LogP contribution in [0.15, 0.2) is 107 Å². The maximum Gasteiger partial charge on any atom is 0.290 e. The van der Waals surface area contributed by atoms with Crippen molar-refractivity contribution in [2.45, 2.75) is 38.5 Å². The summed E-state index contributed by atoms with van der Waals surface area (Å²) >= 11 is 14.3. The van der Waals surface area contributed by atoms with Crippen LogP contribution in [-0.2, 0) is 22.4 Å². The Hall–Kier alpha value is -4.48. The molecule has 12 heteroatoms. The lowest BCUT2D eigenvalue weighted by molar-refractivity contribution is -0.116. The number of imide groups is 2. The molecule has 0 atom stereocenters. The maximum atomic E-state index is 11.6. The molecular weight excluding hydrogens is 739 g/mol. The standard InChI is InChI=1S/2C20H18ClNO3S/c2*21-16-12-15(13-18-19(23)22-20(24)26-18)9-10-17(16)25-11-5-4-8-14-6-2-1-3-7-14/h2*1-3,6-7,9-10,12-13H,4-5,8,11H2,(H,22,23,24). The Balaban J connectivity index is 0.000000201. The van der Waals surface area contributed by atoms with Crippen LogP contribution in [-0.4, -0.2) is 35.5 Å². The lowest BCUT2D eigenvalue weighted by Gasteiger charge is -2.09. The van der Waals surface area contributed by atoms with Gasteiger partial charge in [0.1, 0.15) is 11.5 Å². The lowest BCUT2D eigenvalue weighted by atomic mass is 10.1. The van der Waals surface area contributed by atoms with Crippen LogP contribution in [0.4, 0.5) is 9.59 Å². The number of nitrogens with one attached hydrogen (secondary N) is 2. The maximum absolute atomic E-state index is 11.6. The van der Waals surface area contributed by atoms with Crippen LogP contribution in [0.1, 0.15) is 47.9 Å². The van der Waals surface area contributed by atoms with E-state index < -0.39 is 0 Å². The van der Waals surface area contributed by atoms with Gasteiger partial charge in [0, 0.05) is 0 Å². The zero-order valence-corrected chi connectivity index (χ0v) is 31.2. The van der Waals surface area contributed by atoms with Crippen molar-refractivity contribution in [3.8, 4) is 11.5 Å². The van der Waals surface area contributed by atoms with Gasteiger partial charge in [0.05, 0.1) is 33.1 Å². The topological polar surface area (TPSA) is 111 Å². The van der Waals surface area contributed by atoms with E-state index in [1.165, 1.54) is 11.1 Å². The molecule has 4 aromatic carbocycles. The second-order valence-corrected chi connectivity index (χ2v) is 14.5. The summed E-state index contributed by atoms with van der Waals surface area (Å²) in [6.45, 7) is 1.19. The van der Waals surface area contributed by atoms with E-state index in [0.717, 1.165) is 73.2 Å². The van der Waals surface area contributed by atoms with Gasteiger partial charge in [-0.15, -0.1) is 0 Å². The summed E-state index contributed by atoms with van der Waals surface area (Å²) in [5, 5.41) is 4.70. The highest BCUT2D eigenvalue weighted by molar-refractivity contribution is 8.18. The second-order valence-electron chi connectivity index (χ2n) is 11.7. The molecule has 52 heavy (non-hydrogen) atoms. The fraction of sp³-hybridized carbons (Fsp3) is 0.200. The molecule has 0 radical (unpaired) electrons. The molecule has 2 aliphatic rings. The number of hydrogen-bond donors (Lipinski definition) is 2. The third-order valence-corrected chi connectivity index (χ3v) is 9.92. The number of aryl methyl sites for hydroxylation is 2. The number of hydrogen-bond acceptors (Lipinski definition) is 8. The summed E-state index contributed by atoms with van der Waals surface area (Å²) in [5.74, 6) is 0.478. The van der Waals surface area contributed by atoms with Gasteiger partial charge in [0.15, 0.2) is 0 Å². The van der Waals surface area contributed by atoms with E-state index in [2.05, 4.69) is 34.9 Å². The Morgan fingerprint density at radius 1 is 0.538 bits per heavy atom. The Morgan fingerprint density at radius 3 is 1.29 bits per heavy atom. The lowest BCUT2D eigenvalue weighted by Crippen LogP contribution is -2.17. The van der Waals surface area contributed by atoms with Crippen molar-refractivity contribution >= 4 is 81.2 Å². The second kappa shape index (κ2) is 19.9. The monoisotopic (exact) mass is 774 g/mol. The van der Waals surface area contributed by atoms with Crippen LogP contribution in [0.3, 0.4) is 0 Å². The smallest absolute Gasteiger partial charge is 0.290 e. The molecule has 2 N–H and O–H groups in total. The predicted octanol–water partition coefficient (Wildman–Crippen LogP) is 10.1. The molecule has 0 unspecified atom stereocenters. The zero-order valence-electron chi connectivity index (χ0n) is 28.1. The Bertz CT molecular complexity index is 1810. The van der Waals surface area contributed by atoms with Gasteiger partial charge >= 0.3 is 0 Å². The SMILES string of the molecule is O=C1NC(=O)C(=Cc2ccc(OCCCCc3ccccc3)c(Cl)c2)S1.O=C1NC(=O)C(=Cc2ccc(OCCCCc3ccccc3)c(Cl)c2)S1. The molecule has 2 saturated heterocycles. The average molecular weight is 776 g/mol. The van der Waals surface area contributed by atoms with Crippen LogP contribution in [0, 0.1) is 0 Å². The predicted molar refractivity (Wildman–Crippen MR) is 211 cm³/mol.